The monoisotopic (exact) mass is 310 g/mol. The summed E-state index contributed by atoms with van der Waals surface area (Å²) < 4.78 is 0. The second-order valence-corrected chi connectivity index (χ2v) is 19.7. The molecule has 0 saturated carbocycles. The van der Waals surface area contributed by atoms with Crippen LogP contribution < -0.4 is 0 Å². The largest absolute Gasteiger partial charge is 0.139 e. The third-order valence-corrected chi connectivity index (χ3v) is 11.5. The quantitative estimate of drug-likeness (QED) is 0.423. The highest BCUT2D eigenvalue weighted by molar-refractivity contribution is 6.99. The normalized spacial score (nSPS) is 15.9. The third kappa shape index (κ3) is 5.40. The van der Waals surface area contributed by atoms with Crippen molar-refractivity contribution in [3.05, 3.63) is 0 Å². The highest BCUT2D eigenvalue weighted by Crippen LogP contribution is 2.47. The van der Waals surface area contributed by atoms with Crippen LogP contribution in [0.5, 0.6) is 0 Å². The van der Waals surface area contributed by atoms with Crippen molar-refractivity contribution in [3.8, 4) is 0 Å². The molecule has 2 unspecified atom stereocenters. The summed E-state index contributed by atoms with van der Waals surface area (Å²) in [5.74, 6) is 0. The molecule has 0 nitrogen and oxygen atoms in total. The van der Waals surface area contributed by atoms with Crippen molar-refractivity contribution in [3.63, 3.8) is 0 Å². The Morgan fingerprint density at radius 3 is 0.850 bits per heavy atom. The van der Waals surface area contributed by atoms with Crippen LogP contribution in [0.25, 0.3) is 0 Å². The van der Waals surface area contributed by atoms with Crippen molar-refractivity contribution in [1.82, 2.24) is 0 Å². The Morgan fingerprint density at radius 2 is 0.750 bits per heavy atom. The standard InChI is InChI=1S/C16H40B2Si2/c1-11-17(12-2)15(19(5,6)7)16(20(8,9)10)18(13-3)14-4/h15-16H,11-14H2,1-10H3. The van der Waals surface area contributed by atoms with Gasteiger partial charge in [0.1, 0.15) is 13.4 Å². The Kier molecular flexibility index (Phi) is 8.50. The maximum absolute atomic E-state index is 2.63. The minimum atomic E-state index is -1.13. The van der Waals surface area contributed by atoms with Crippen molar-refractivity contribution in [2.75, 3.05) is 0 Å². The first-order chi connectivity index (χ1) is 9.04. The molecule has 20 heavy (non-hydrogen) atoms. The molecule has 0 heterocycles. The molecule has 0 saturated heterocycles. The van der Waals surface area contributed by atoms with E-state index < -0.39 is 16.1 Å². The fourth-order valence-corrected chi connectivity index (χ4v) is 14.1. The number of rotatable bonds is 9. The van der Waals surface area contributed by atoms with Crippen LogP contribution in [0.2, 0.25) is 75.4 Å². The van der Waals surface area contributed by atoms with Crippen LogP contribution in [-0.2, 0) is 0 Å². The molecule has 2 atom stereocenters. The van der Waals surface area contributed by atoms with Crippen molar-refractivity contribution < 1.29 is 0 Å². The van der Waals surface area contributed by atoms with E-state index in [2.05, 4.69) is 67.0 Å². The molecule has 0 amide bonds. The smallest absolute Gasteiger partial charge is 0.0770 e. The van der Waals surface area contributed by atoms with E-state index in [0.717, 1.165) is 24.3 Å². The van der Waals surface area contributed by atoms with Gasteiger partial charge in [-0.15, -0.1) is 0 Å². The van der Waals surface area contributed by atoms with Crippen molar-refractivity contribution in [1.29, 1.82) is 0 Å². The van der Waals surface area contributed by atoms with Gasteiger partial charge in [-0.1, -0.05) is 103 Å². The Bertz CT molecular complexity index is 233. The lowest BCUT2D eigenvalue weighted by Gasteiger charge is -2.48. The lowest BCUT2D eigenvalue weighted by Crippen LogP contribution is -2.52. The van der Waals surface area contributed by atoms with Gasteiger partial charge in [-0.05, 0) is 0 Å². The van der Waals surface area contributed by atoms with Crippen LogP contribution in [0, 0.1) is 0 Å². The maximum Gasteiger partial charge on any atom is 0.139 e. The molecule has 0 rings (SSSR count). The summed E-state index contributed by atoms with van der Waals surface area (Å²) in [5.41, 5.74) is 2.04. The molecule has 0 aromatic rings. The Labute approximate surface area is 133 Å². The summed E-state index contributed by atoms with van der Waals surface area (Å²) in [6.45, 7) is 27.4. The van der Waals surface area contributed by atoms with Gasteiger partial charge in [0.05, 0.1) is 0 Å². The van der Waals surface area contributed by atoms with E-state index in [4.69, 9.17) is 0 Å². The lowest BCUT2D eigenvalue weighted by atomic mass is 9.33. The van der Waals surface area contributed by atoms with Crippen molar-refractivity contribution in [2.24, 2.45) is 0 Å². The zero-order chi connectivity index (χ0) is 16.1. The van der Waals surface area contributed by atoms with Gasteiger partial charge in [0.15, 0.2) is 0 Å². The van der Waals surface area contributed by atoms with E-state index in [-0.39, 0.29) is 0 Å². The van der Waals surface area contributed by atoms with Crippen LogP contribution >= 0.6 is 0 Å². The molecule has 118 valence electrons. The van der Waals surface area contributed by atoms with E-state index in [9.17, 15) is 0 Å². The van der Waals surface area contributed by atoms with Crippen LogP contribution in [-0.4, -0.2) is 29.6 Å². The predicted molar refractivity (Wildman–Crippen MR) is 108 cm³/mol. The van der Waals surface area contributed by atoms with E-state index in [1.807, 2.05) is 0 Å². The Hall–Kier alpha value is 0.564. The van der Waals surface area contributed by atoms with Gasteiger partial charge < -0.3 is 0 Å². The highest BCUT2D eigenvalue weighted by atomic mass is 28.3. The minimum absolute atomic E-state index is 0.957. The molecular formula is C16H40B2Si2. The molecule has 0 fully saturated rings. The summed E-state index contributed by atoms with van der Waals surface area (Å²) in [6, 6.07) is 0. The second-order valence-electron chi connectivity index (χ2n) is 8.94. The van der Waals surface area contributed by atoms with Gasteiger partial charge >= 0.3 is 0 Å². The molecule has 0 aliphatic heterocycles. The van der Waals surface area contributed by atoms with Crippen LogP contribution in [0.4, 0.5) is 0 Å². The predicted octanol–water partition coefficient (Wildman–Crippen LogP) is 6.55. The zero-order valence-electron chi connectivity index (χ0n) is 16.1. The number of hydrogen-bond donors (Lipinski definition) is 0. The van der Waals surface area contributed by atoms with Crippen LogP contribution in [0.15, 0.2) is 0 Å². The molecule has 4 heteroatoms. The fraction of sp³-hybridized carbons (Fsp3) is 1.00. The first-order valence-corrected chi connectivity index (χ1v) is 16.2. The zero-order valence-corrected chi connectivity index (χ0v) is 18.1. The molecule has 0 radical (unpaired) electrons. The summed E-state index contributed by atoms with van der Waals surface area (Å²) in [5, 5.41) is 0. The Morgan fingerprint density at radius 1 is 0.550 bits per heavy atom. The average molecular weight is 310 g/mol. The van der Waals surface area contributed by atoms with Crippen molar-refractivity contribution in [2.45, 2.75) is 103 Å². The molecule has 0 N–H and O–H groups in total. The van der Waals surface area contributed by atoms with Gasteiger partial charge in [-0.25, -0.2) is 0 Å². The average Bonchev–Trinajstić information content (AvgIpc) is 2.31. The molecular weight excluding hydrogens is 270 g/mol. The highest BCUT2D eigenvalue weighted by Gasteiger charge is 2.47. The molecule has 0 bridgehead atoms. The molecule has 0 aromatic carbocycles. The van der Waals surface area contributed by atoms with E-state index in [1.54, 1.807) is 0 Å². The van der Waals surface area contributed by atoms with Gasteiger partial charge in [0, 0.05) is 16.1 Å². The second kappa shape index (κ2) is 8.26. The SMILES string of the molecule is CCB(CC)C(C(B(CC)CC)[Si](C)(C)C)[Si](C)(C)C. The van der Waals surface area contributed by atoms with Gasteiger partial charge in [-0.3, -0.25) is 0 Å². The van der Waals surface area contributed by atoms with Crippen molar-refractivity contribution >= 4 is 29.6 Å². The molecule has 0 aromatic heterocycles. The maximum atomic E-state index is 2.63. The topological polar surface area (TPSA) is 0 Å². The van der Waals surface area contributed by atoms with E-state index >= 15 is 0 Å². The minimum Gasteiger partial charge on any atom is -0.0770 e. The summed E-state index contributed by atoms with van der Waals surface area (Å²) in [7, 11) is -2.25. The third-order valence-electron chi connectivity index (χ3n) is 5.50. The lowest BCUT2D eigenvalue weighted by molar-refractivity contribution is 1.00. The van der Waals surface area contributed by atoms with Gasteiger partial charge in [-0.2, -0.15) is 0 Å². The fourth-order valence-electron chi connectivity index (χ4n) is 4.67. The van der Waals surface area contributed by atoms with Crippen LogP contribution in [0.1, 0.15) is 27.7 Å². The van der Waals surface area contributed by atoms with Gasteiger partial charge in [0.2, 0.25) is 0 Å². The first kappa shape index (κ1) is 20.6. The first-order valence-electron chi connectivity index (χ1n) is 9.04. The molecule has 0 aliphatic rings. The van der Waals surface area contributed by atoms with E-state index in [0.29, 0.717) is 0 Å². The summed E-state index contributed by atoms with van der Waals surface area (Å²) >= 11 is 0. The van der Waals surface area contributed by atoms with Gasteiger partial charge in [0.25, 0.3) is 0 Å². The summed E-state index contributed by atoms with van der Waals surface area (Å²) in [4.78, 5) is 0. The molecule has 0 spiro atoms. The molecule has 0 aliphatic carbocycles. The number of hydrogen-bond acceptors (Lipinski definition) is 0. The van der Waals surface area contributed by atoms with E-state index in [1.165, 1.54) is 25.3 Å². The summed E-state index contributed by atoms with van der Waals surface area (Å²) in [6.07, 6.45) is 5.53. The van der Waals surface area contributed by atoms with Crippen LogP contribution in [0.3, 0.4) is 0 Å². The Balaban J connectivity index is 5.76.